The van der Waals surface area contributed by atoms with Crippen LogP contribution in [0.2, 0.25) is 0 Å². The van der Waals surface area contributed by atoms with Crippen molar-refractivity contribution in [2.24, 2.45) is 11.7 Å². The van der Waals surface area contributed by atoms with Gasteiger partial charge in [0.05, 0.1) is 24.7 Å². The molecule has 1 aliphatic rings. The molecule has 0 spiro atoms. The zero-order valence-corrected chi connectivity index (χ0v) is 9.86. The minimum atomic E-state index is -0.652. The summed E-state index contributed by atoms with van der Waals surface area (Å²) in [7, 11) is 0. The van der Waals surface area contributed by atoms with Gasteiger partial charge in [-0.3, -0.25) is 4.79 Å². The Labute approximate surface area is 91.4 Å². The van der Waals surface area contributed by atoms with Crippen LogP contribution in [-0.2, 0) is 4.79 Å². The highest BCUT2D eigenvalue weighted by Crippen LogP contribution is 2.26. The van der Waals surface area contributed by atoms with E-state index in [4.69, 9.17) is 5.73 Å². The van der Waals surface area contributed by atoms with E-state index >= 15 is 0 Å². The van der Waals surface area contributed by atoms with Gasteiger partial charge in [-0.25, -0.2) is 0 Å². The van der Waals surface area contributed by atoms with Crippen LogP contribution in [0.3, 0.4) is 0 Å². The Kier molecular flexibility index (Phi) is 3.73. The fourth-order valence-corrected chi connectivity index (χ4v) is 1.94. The Balaban J connectivity index is 2.41. The van der Waals surface area contributed by atoms with Crippen molar-refractivity contribution in [1.29, 1.82) is 0 Å². The highest BCUT2D eigenvalue weighted by molar-refractivity contribution is 5.82. The molecule has 3 N–H and O–H groups in total. The number of rotatable bonds is 4. The lowest BCUT2D eigenvalue weighted by molar-refractivity contribution is -0.158. The monoisotopic (exact) mass is 214 g/mol. The van der Waals surface area contributed by atoms with Crippen LogP contribution in [0.1, 0.15) is 33.6 Å². The summed E-state index contributed by atoms with van der Waals surface area (Å²) in [6.45, 7) is 6.78. The first-order valence-corrected chi connectivity index (χ1v) is 5.66. The average molecular weight is 214 g/mol. The van der Waals surface area contributed by atoms with Crippen molar-refractivity contribution in [2.75, 3.05) is 13.1 Å². The smallest absolute Gasteiger partial charge is 0.239 e. The molecule has 0 aromatic rings. The molecule has 1 amide bonds. The number of likely N-dealkylation sites (tertiary alicyclic amines) is 1. The largest absolute Gasteiger partial charge is 0.386 e. The summed E-state index contributed by atoms with van der Waals surface area (Å²) in [5, 5.41) is 9.91. The van der Waals surface area contributed by atoms with Crippen LogP contribution in [0.25, 0.3) is 0 Å². The molecule has 88 valence electrons. The lowest BCUT2D eigenvalue weighted by Gasteiger charge is -2.47. The Morgan fingerprint density at radius 3 is 2.47 bits per heavy atom. The predicted molar refractivity (Wildman–Crippen MR) is 59.3 cm³/mol. The molecule has 0 bridgehead atoms. The fourth-order valence-electron chi connectivity index (χ4n) is 1.94. The second-order valence-corrected chi connectivity index (χ2v) is 4.94. The molecule has 0 saturated carbocycles. The molecule has 4 heteroatoms. The third kappa shape index (κ3) is 2.69. The summed E-state index contributed by atoms with van der Waals surface area (Å²) >= 11 is 0. The quantitative estimate of drug-likeness (QED) is 0.709. The van der Waals surface area contributed by atoms with Crippen molar-refractivity contribution in [1.82, 2.24) is 4.90 Å². The molecule has 1 saturated heterocycles. The van der Waals surface area contributed by atoms with E-state index in [9.17, 15) is 9.90 Å². The summed E-state index contributed by atoms with van der Waals surface area (Å²) in [5.74, 6) is 0.114. The maximum atomic E-state index is 11.7. The van der Waals surface area contributed by atoms with E-state index < -0.39 is 11.6 Å². The molecule has 1 aliphatic heterocycles. The molecule has 0 aromatic carbocycles. The average Bonchev–Trinajstić information content (AvgIpc) is 2.11. The molecule has 0 radical (unpaired) electrons. The molecular formula is C11H22N2O2. The number of β-amino-alcohol motifs (C(OH)–C–C–N with tert-alkyl or cyclic N) is 1. The zero-order valence-electron chi connectivity index (χ0n) is 9.86. The summed E-state index contributed by atoms with van der Waals surface area (Å²) < 4.78 is 0. The van der Waals surface area contributed by atoms with E-state index in [0.29, 0.717) is 13.1 Å². The van der Waals surface area contributed by atoms with Crippen LogP contribution in [0.4, 0.5) is 0 Å². The van der Waals surface area contributed by atoms with Crippen LogP contribution in [0.15, 0.2) is 0 Å². The Morgan fingerprint density at radius 2 is 2.07 bits per heavy atom. The van der Waals surface area contributed by atoms with Gasteiger partial charge in [-0.15, -0.1) is 0 Å². The summed E-state index contributed by atoms with van der Waals surface area (Å²) in [6, 6.07) is -0.434. The normalized spacial score (nSPS) is 21.3. The van der Waals surface area contributed by atoms with E-state index in [1.807, 2.05) is 20.8 Å². The Bertz CT molecular complexity index is 235. The zero-order chi connectivity index (χ0) is 11.6. The lowest BCUT2D eigenvalue weighted by Crippen LogP contribution is -2.66. The molecular weight excluding hydrogens is 192 g/mol. The van der Waals surface area contributed by atoms with Gasteiger partial charge in [-0.05, 0) is 12.3 Å². The van der Waals surface area contributed by atoms with Gasteiger partial charge in [-0.1, -0.05) is 27.2 Å². The van der Waals surface area contributed by atoms with Crippen molar-refractivity contribution in [2.45, 2.75) is 45.3 Å². The first-order valence-electron chi connectivity index (χ1n) is 5.66. The third-order valence-corrected chi connectivity index (χ3v) is 3.00. The van der Waals surface area contributed by atoms with Gasteiger partial charge in [0.2, 0.25) is 5.91 Å². The summed E-state index contributed by atoms with van der Waals surface area (Å²) in [4.78, 5) is 13.4. The third-order valence-electron chi connectivity index (χ3n) is 3.00. The number of nitrogens with two attached hydrogens (primary N) is 1. The van der Waals surface area contributed by atoms with Gasteiger partial charge < -0.3 is 15.7 Å². The van der Waals surface area contributed by atoms with Crippen molar-refractivity contribution < 1.29 is 9.90 Å². The molecule has 0 aromatic heterocycles. The summed E-state index contributed by atoms with van der Waals surface area (Å²) in [6.07, 6.45) is 1.70. The molecule has 1 heterocycles. The topological polar surface area (TPSA) is 66.6 Å². The number of hydrogen-bond donors (Lipinski definition) is 2. The molecule has 0 unspecified atom stereocenters. The van der Waals surface area contributed by atoms with Crippen molar-refractivity contribution in [3.05, 3.63) is 0 Å². The summed E-state index contributed by atoms with van der Waals surface area (Å²) in [5.41, 5.74) is 5.11. The second kappa shape index (κ2) is 4.49. The number of nitrogens with zero attached hydrogens (tertiary/aromatic N) is 1. The van der Waals surface area contributed by atoms with Crippen molar-refractivity contribution in [3.63, 3.8) is 0 Å². The van der Waals surface area contributed by atoms with Gasteiger partial charge in [-0.2, -0.15) is 0 Å². The minimum absolute atomic E-state index is 0.0363. The molecule has 0 aliphatic carbocycles. The molecule has 1 rings (SSSR count). The first-order chi connectivity index (χ1) is 6.89. The van der Waals surface area contributed by atoms with Crippen molar-refractivity contribution >= 4 is 5.91 Å². The number of carbonyl (C=O) groups excluding carboxylic acids is 1. The SMILES string of the molecule is CCCC1(O)CN(C(=O)[C@H](N)C(C)C)C1. The van der Waals surface area contributed by atoms with E-state index in [1.165, 1.54) is 0 Å². The highest BCUT2D eigenvalue weighted by atomic mass is 16.3. The molecule has 1 fully saturated rings. The van der Waals surface area contributed by atoms with Crippen LogP contribution in [0, 0.1) is 5.92 Å². The highest BCUT2D eigenvalue weighted by Gasteiger charge is 2.43. The van der Waals surface area contributed by atoms with Crippen LogP contribution >= 0.6 is 0 Å². The minimum Gasteiger partial charge on any atom is -0.386 e. The van der Waals surface area contributed by atoms with Crippen LogP contribution < -0.4 is 5.73 Å². The van der Waals surface area contributed by atoms with Gasteiger partial charge in [0.15, 0.2) is 0 Å². The van der Waals surface area contributed by atoms with Gasteiger partial charge in [0, 0.05) is 0 Å². The van der Waals surface area contributed by atoms with Crippen LogP contribution in [-0.4, -0.2) is 40.6 Å². The molecule has 1 atom stereocenters. The standard InChI is InChI=1S/C11H22N2O2/c1-4-5-11(15)6-13(7-11)10(14)9(12)8(2)3/h8-9,15H,4-7,12H2,1-3H3/t9-/m1/s1. The fraction of sp³-hybridized carbons (Fsp3) is 0.909. The maximum Gasteiger partial charge on any atom is 0.239 e. The Hall–Kier alpha value is -0.610. The number of hydrogen-bond acceptors (Lipinski definition) is 3. The van der Waals surface area contributed by atoms with E-state index in [0.717, 1.165) is 12.8 Å². The number of aliphatic hydroxyl groups is 1. The van der Waals surface area contributed by atoms with Crippen molar-refractivity contribution in [3.8, 4) is 0 Å². The predicted octanol–water partition coefficient (Wildman–Crippen LogP) is 0.343. The molecule has 4 nitrogen and oxygen atoms in total. The van der Waals surface area contributed by atoms with Gasteiger partial charge in [0.1, 0.15) is 0 Å². The lowest BCUT2D eigenvalue weighted by atomic mass is 9.88. The van der Waals surface area contributed by atoms with Gasteiger partial charge in [0.25, 0.3) is 0 Å². The van der Waals surface area contributed by atoms with E-state index in [2.05, 4.69) is 0 Å². The second-order valence-electron chi connectivity index (χ2n) is 4.94. The first kappa shape index (κ1) is 12.5. The number of amides is 1. The van der Waals surface area contributed by atoms with E-state index in [1.54, 1.807) is 4.90 Å². The Morgan fingerprint density at radius 1 is 1.53 bits per heavy atom. The van der Waals surface area contributed by atoms with Gasteiger partial charge >= 0.3 is 0 Å². The van der Waals surface area contributed by atoms with E-state index in [-0.39, 0.29) is 11.8 Å². The molecule has 15 heavy (non-hydrogen) atoms. The maximum absolute atomic E-state index is 11.7. The number of carbonyl (C=O) groups is 1. The van der Waals surface area contributed by atoms with Crippen LogP contribution in [0.5, 0.6) is 0 Å².